The third kappa shape index (κ3) is 3.45. The van der Waals surface area contributed by atoms with Crippen LogP contribution < -0.4 is 5.32 Å². The molecule has 0 saturated heterocycles. The highest BCUT2D eigenvalue weighted by Gasteiger charge is 2.11. The Morgan fingerprint density at radius 2 is 2.13 bits per heavy atom. The summed E-state index contributed by atoms with van der Waals surface area (Å²) in [4.78, 5) is 12.9. The maximum absolute atomic E-state index is 4.44. The van der Waals surface area contributed by atoms with E-state index >= 15 is 0 Å². The zero-order chi connectivity index (χ0) is 16.7. The van der Waals surface area contributed by atoms with Gasteiger partial charge in [0.05, 0.1) is 18.1 Å². The van der Waals surface area contributed by atoms with Gasteiger partial charge in [-0.25, -0.2) is 9.97 Å². The predicted octanol–water partition coefficient (Wildman–Crippen LogP) is 3.16. The second-order valence-corrected chi connectivity index (χ2v) is 4.33. The molecule has 0 saturated carbocycles. The molecule has 0 aliphatic heterocycles. The average Bonchev–Trinajstić information content (AvgIpc) is 3.25. The number of amidine groups is 1. The maximum atomic E-state index is 4.44. The number of anilines is 1. The van der Waals surface area contributed by atoms with E-state index in [1.807, 2.05) is 49.7 Å². The predicted molar refractivity (Wildman–Crippen MR) is 93.7 cm³/mol. The van der Waals surface area contributed by atoms with Gasteiger partial charge in [-0.2, -0.15) is 5.10 Å². The quantitative estimate of drug-likeness (QED) is 0.575. The van der Waals surface area contributed by atoms with Crippen molar-refractivity contribution in [2.45, 2.75) is 20.8 Å². The van der Waals surface area contributed by atoms with Crippen LogP contribution in [-0.4, -0.2) is 37.4 Å². The molecule has 0 unspecified atom stereocenters. The highest BCUT2D eigenvalue weighted by atomic mass is 15.1. The summed E-state index contributed by atoms with van der Waals surface area (Å²) in [6, 6.07) is 0. The third-order valence-corrected chi connectivity index (χ3v) is 3.03. The summed E-state index contributed by atoms with van der Waals surface area (Å²) >= 11 is 0. The lowest BCUT2D eigenvalue weighted by Crippen LogP contribution is -2.11. The number of aromatic nitrogens is 5. The Bertz CT molecular complexity index is 797. The van der Waals surface area contributed by atoms with Crippen molar-refractivity contribution in [2.24, 2.45) is 4.99 Å². The molecule has 3 aromatic rings. The van der Waals surface area contributed by atoms with Gasteiger partial charge in [-0.3, -0.25) is 14.5 Å². The minimum absolute atomic E-state index is 0.658. The fraction of sp³-hybridized carbons (Fsp3) is 0.250. The van der Waals surface area contributed by atoms with E-state index < -0.39 is 0 Å². The lowest BCUT2D eigenvalue weighted by molar-refractivity contribution is 1.09. The largest absolute Gasteiger partial charge is 0.322 e. The van der Waals surface area contributed by atoms with E-state index in [0.29, 0.717) is 5.82 Å². The van der Waals surface area contributed by atoms with Crippen molar-refractivity contribution in [2.75, 3.05) is 12.4 Å². The molecule has 0 aliphatic carbocycles. The van der Waals surface area contributed by atoms with Crippen LogP contribution in [0.15, 0.2) is 48.1 Å². The van der Waals surface area contributed by atoms with Crippen LogP contribution in [0.2, 0.25) is 0 Å². The van der Waals surface area contributed by atoms with Crippen LogP contribution in [0.3, 0.4) is 0 Å². The fourth-order valence-corrected chi connectivity index (χ4v) is 2.06. The Morgan fingerprint density at radius 1 is 1.30 bits per heavy atom. The number of aromatic amines is 1. The van der Waals surface area contributed by atoms with E-state index in [1.54, 1.807) is 25.6 Å². The first-order valence-corrected chi connectivity index (χ1v) is 7.51. The van der Waals surface area contributed by atoms with Gasteiger partial charge in [0.1, 0.15) is 5.84 Å². The van der Waals surface area contributed by atoms with Crippen LogP contribution >= 0.6 is 0 Å². The maximum Gasteiger partial charge on any atom is 0.180 e. The Morgan fingerprint density at radius 3 is 2.78 bits per heavy atom. The van der Waals surface area contributed by atoms with Crippen LogP contribution in [0.1, 0.15) is 20.8 Å². The Hall–Kier alpha value is -2.96. The first-order valence-electron chi connectivity index (χ1n) is 7.51. The molecule has 120 valence electrons. The number of nitrogens with one attached hydrogen (secondary N) is 2. The molecule has 0 aromatic carbocycles. The highest BCUT2D eigenvalue weighted by Crippen LogP contribution is 2.22. The second kappa shape index (κ2) is 7.88. The molecule has 3 rings (SSSR count). The summed E-state index contributed by atoms with van der Waals surface area (Å²) in [5.74, 6) is 1.39. The SMILES string of the molecule is C/C=C\C(=NC)Nc1nccn2c(-c3cn[nH]c3)cnc12.CC. The number of allylic oxidation sites excluding steroid dienone is 1. The summed E-state index contributed by atoms with van der Waals surface area (Å²) < 4.78 is 1.96. The fourth-order valence-electron chi connectivity index (χ4n) is 2.06. The van der Waals surface area contributed by atoms with E-state index in [4.69, 9.17) is 0 Å². The normalized spacial score (nSPS) is 11.6. The molecule has 7 heteroatoms. The summed E-state index contributed by atoms with van der Waals surface area (Å²) in [5, 5.41) is 9.95. The van der Waals surface area contributed by atoms with Crippen molar-refractivity contribution in [3.8, 4) is 11.3 Å². The molecule has 23 heavy (non-hydrogen) atoms. The minimum atomic E-state index is 0.658. The molecule has 0 atom stereocenters. The molecule has 2 N–H and O–H groups in total. The van der Waals surface area contributed by atoms with Crippen molar-refractivity contribution in [3.63, 3.8) is 0 Å². The van der Waals surface area contributed by atoms with Crippen LogP contribution in [0, 0.1) is 0 Å². The van der Waals surface area contributed by atoms with E-state index in [0.717, 1.165) is 22.7 Å². The first kappa shape index (κ1) is 16.4. The lowest BCUT2D eigenvalue weighted by atomic mass is 10.3. The number of aliphatic imine (C=N–C) groups is 1. The Balaban J connectivity index is 0.000000924. The van der Waals surface area contributed by atoms with Crippen molar-refractivity contribution in [3.05, 3.63) is 43.1 Å². The minimum Gasteiger partial charge on any atom is -0.322 e. The summed E-state index contributed by atoms with van der Waals surface area (Å²) in [7, 11) is 1.73. The molecule has 0 fully saturated rings. The zero-order valence-corrected chi connectivity index (χ0v) is 13.8. The monoisotopic (exact) mass is 311 g/mol. The number of hydrogen-bond donors (Lipinski definition) is 2. The average molecular weight is 311 g/mol. The second-order valence-electron chi connectivity index (χ2n) is 4.33. The first-order chi connectivity index (χ1) is 11.3. The number of fused-ring (bicyclic) bond motifs is 1. The third-order valence-electron chi connectivity index (χ3n) is 3.03. The van der Waals surface area contributed by atoms with Crippen molar-refractivity contribution in [1.82, 2.24) is 24.6 Å². The topological polar surface area (TPSA) is 83.3 Å². The van der Waals surface area contributed by atoms with Gasteiger partial charge in [0, 0.05) is 31.2 Å². The van der Waals surface area contributed by atoms with Gasteiger partial charge < -0.3 is 5.32 Å². The van der Waals surface area contributed by atoms with Gasteiger partial charge in [-0.15, -0.1) is 0 Å². The molecule has 0 amide bonds. The van der Waals surface area contributed by atoms with Crippen molar-refractivity contribution < 1.29 is 0 Å². The molecule has 0 spiro atoms. The molecule has 7 nitrogen and oxygen atoms in total. The summed E-state index contributed by atoms with van der Waals surface area (Å²) in [5.41, 5.74) is 2.65. The smallest absolute Gasteiger partial charge is 0.180 e. The molecule has 3 aromatic heterocycles. The molecule has 0 radical (unpaired) electrons. The molecule has 0 bridgehead atoms. The Kier molecular flexibility index (Phi) is 5.62. The van der Waals surface area contributed by atoms with E-state index in [2.05, 4.69) is 30.5 Å². The van der Waals surface area contributed by atoms with E-state index in [1.165, 1.54) is 0 Å². The van der Waals surface area contributed by atoms with Crippen LogP contribution in [0.5, 0.6) is 0 Å². The van der Waals surface area contributed by atoms with Gasteiger partial charge in [0.15, 0.2) is 11.5 Å². The van der Waals surface area contributed by atoms with Crippen LogP contribution in [0.25, 0.3) is 16.9 Å². The molecule has 3 heterocycles. The van der Waals surface area contributed by atoms with Gasteiger partial charge >= 0.3 is 0 Å². The summed E-state index contributed by atoms with van der Waals surface area (Å²) in [6.45, 7) is 5.94. The molecular weight excluding hydrogens is 290 g/mol. The van der Waals surface area contributed by atoms with E-state index in [-0.39, 0.29) is 0 Å². The van der Waals surface area contributed by atoms with Crippen molar-refractivity contribution in [1.29, 1.82) is 0 Å². The van der Waals surface area contributed by atoms with E-state index in [9.17, 15) is 0 Å². The van der Waals surface area contributed by atoms with Gasteiger partial charge in [0.2, 0.25) is 0 Å². The summed E-state index contributed by atoms with van der Waals surface area (Å²) in [6.07, 6.45) is 12.8. The van der Waals surface area contributed by atoms with Crippen molar-refractivity contribution >= 4 is 17.3 Å². The lowest BCUT2D eigenvalue weighted by Gasteiger charge is -2.06. The molecule has 0 aliphatic rings. The highest BCUT2D eigenvalue weighted by molar-refractivity contribution is 6.04. The van der Waals surface area contributed by atoms with Crippen LogP contribution in [0.4, 0.5) is 5.82 Å². The van der Waals surface area contributed by atoms with Gasteiger partial charge in [-0.05, 0) is 13.0 Å². The van der Waals surface area contributed by atoms with Gasteiger partial charge in [0.25, 0.3) is 0 Å². The Labute approximate surface area is 135 Å². The number of nitrogens with zero attached hydrogens (tertiary/aromatic N) is 5. The standard InChI is InChI=1S/C14H15N7.C2H6/c1-3-4-12(15-2)20-13-14-17-9-11(10-7-18-19-8-10)21(14)6-5-16-13;1-2/h3-9H,1-2H3,(H,18,19)(H,15,16,20);1-2H3/b4-3-;. The molecular formula is C16H21N7. The van der Waals surface area contributed by atoms with Gasteiger partial charge in [-0.1, -0.05) is 19.9 Å². The zero-order valence-electron chi connectivity index (χ0n) is 13.8. The van der Waals surface area contributed by atoms with Crippen LogP contribution in [-0.2, 0) is 0 Å². The number of rotatable bonds is 3. The number of H-pyrrole nitrogens is 1. The number of imidazole rings is 1. The number of hydrogen-bond acceptors (Lipinski definition) is 4.